The Labute approximate surface area is 264 Å². The minimum Gasteiger partial charge on any atom is -0.493 e. The fourth-order valence-electron chi connectivity index (χ4n) is 4.63. The van der Waals surface area contributed by atoms with Crippen molar-refractivity contribution in [2.24, 2.45) is 4.99 Å². The van der Waals surface area contributed by atoms with Crippen LogP contribution < -0.4 is 24.4 Å². The van der Waals surface area contributed by atoms with Crippen LogP contribution >= 0.6 is 50.5 Å². The molecule has 3 aromatic carbocycles. The maximum atomic E-state index is 13.9. The zero-order valence-electron chi connectivity index (χ0n) is 22.8. The highest BCUT2D eigenvalue weighted by Crippen LogP contribution is 2.38. The molecule has 0 unspecified atom stereocenters. The number of rotatable bonds is 8. The molecule has 0 radical (unpaired) electrons. The van der Waals surface area contributed by atoms with Gasteiger partial charge >= 0.3 is 5.97 Å². The molecular weight excluding hydrogens is 663 g/mol. The van der Waals surface area contributed by atoms with Gasteiger partial charge in [-0.15, -0.1) is 0 Å². The van der Waals surface area contributed by atoms with Crippen molar-refractivity contribution in [3.8, 4) is 11.5 Å². The summed E-state index contributed by atoms with van der Waals surface area (Å²) in [7, 11) is 1.55. The van der Waals surface area contributed by atoms with Crippen molar-refractivity contribution in [2.45, 2.75) is 26.5 Å². The predicted octanol–water partition coefficient (Wildman–Crippen LogP) is 6.46. The van der Waals surface area contributed by atoms with Gasteiger partial charge in [0, 0.05) is 10.0 Å². The van der Waals surface area contributed by atoms with Gasteiger partial charge in [0.15, 0.2) is 16.3 Å². The second-order valence-corrected chi connectivity index (χ2v) is 12.0. The van der Waals surface area contributed by atoms with E-state index in [0.717, 1.165) is 5.56 Å². The molecule has 0 saturated carbocycles. The predicted molar refractivity (Wildman–Crippen MR) is 168 cm³/mol. The normalized spacial score (nSPS) is 14.8. The molecule has 0 bridgehead atoms. The molecule has 0 fully saturated rings. The first-order chi connectivity index (χ1) is 20.2. The monoisotopic (exact) mass is 686 g/mol. The first-order valence-electron chi connectivity index (χ1n) is 12.9. The van der Waals surface area contributed by atoms with E-state index in [1.54, 1.807) is 63.4 Å². The zero-order chi connectivity index (χ0) is 30.0. The van der Waals surface area contributed by atoms with Crippen molar-refractivity contribution >= 4 is 62.5 Å². The van der Waals surface area contributed by atoms with Crippen molar-refractivity contribution in [3.05, 3.63) is 123 Å². The minimum absolute atomic E-state index is 0.186. The number of hydrogen-bond acceptors (Lipinski definition) is 7. The topological polar surface area (TPSA) is 79.1 Å². The third-order valence-electron chi connectivity index (χ3n) is 6.56. The van der Waals surface area contributed by atoms with Gasteiger partial charge in [-0.25, -0.2) is 9.79 Å². The van der Waals surface area contributed by atoms with Gasteiger partial charge in [0.1, 0.15) is 12.6 Å². The molecule has 4 aromatic rings. The van der Waals surface area contributed by atoms with E-state index in [1.807, 2.05) is 24.3 Å². The molecule has 11 heteroatoms. The average Bonchev–Trinajstić information content (AvgIpc) is 3.26. The first kappa shape index (κ1) is 30.1. The largest absolute Gasteiger partial charge is 0.493 e. The Hall–Kier alpha value is -3.37. The highest BCUT2D eigenvalue weighted by molar-refractivity contribution is 9.10. The van der Waals surface area contributed by atoms with Crippen LogP contribution in [0.3, 0.4) is 0 Å². The number of fused-ring (bicyclic) bond motifs is 1. The smallest absolute Gasteiger partial charge is 0.338 e. The molecule has 1 aliphatic heterocycles. The van der Waals surface area contributed by atoms with Crippen molar-refractivity contribution < 1.29 is 19.0 Å². The maximum Gasteiger partial charge on any atom is 0.338 e. The molecule has 216 valence electrons. The van der Waals surface area contributed by atoms with E-state index in [0.29, 0.717) is 58.8 Å². The Morgan fingerprint density at radius 2 is 1.88 bits per heavy atom. The second kappa shape index (κ2) is 12.9. The molecule has 0 N–H and O–H groups in total. The summed E-state index contributed by atoms with van der Waals surface area (Å²) in [5.74, 6) is 0.479. The molecule has 0 aliphatic carbocycles. The molecular formula is C31H25BrCl2N2O5S. The highest BCUT2D eigenvalue weighted by atomic mass is 79.9. The summed E-state index contributed by atoms with van der Waals surface area (Å²) < 4.78 is 19.6. The van der Waals surface area contributed by atoms with Gasteiger partial charge in [-0.2, -0.15) is 0 Å². The van der Waals surface area contributed by atoms with Crippen molar-refractivity contribution in [2.75, 3.05) is 13.7 Å². The number of nitrogens with zero attached hydrogens (tertiary/aromatic N) is 2. The molecule has 1 aromatic heterocycles. The van der Waals surface area contributed by atoms with Gasteiger partial charge in [0.05, 0.1) is 34.0 Å². The number of hydrogen-bond donors (Lipinski definition) is 0. The molecule has 1 atom stereocenters. The Morgan fingerprint density at radius 3 is 2.57 bits per heavy atom. The van der Waals surface area contributed by atoms with Crippen molar-refractivity contribution in [1.29, 1.82) is 0 Å². The summed E-state index contributed by atoms with van der Waals surface area (Å²) in [6.45, 7) is 3.96. The Morgan fingerprint density at radius 1 is 1.14 bits per heavy atom. The van der Waals surface area contributed by atoms with Crippen LogP contribution in [0.5, 0.6) is 11.5 Å². The lowest BCUT2D eigenvalue weighted by Gasteiger charge is -2.25. The second-order valence-electron chi connectivity index (χ2n) is 9.27. The third-order valence-corrected chi connectivity index (χ3v) is 8.73. The van der Waals surface area contributed by atoms with Crippen LogP contribution in [0.2, 0.25) is 10.0 Å². The number of carbonyl (C=O) groups excluding carboxylic acids is 1. The number of thiazole rings is 1. The van der Waals surface area contributed by atoms with Crippen LogP contribution in [0.4, 0.5) is 0 Å². The summed E-state index contributed by atoms with van der Waals surface area (Å²) >= 11 is 17.4. The lowest BCUT2D eigenvalue weighted by Crippen LogP contribution is -2.40. The Kier molecular flexibility index (Phi) is 9.22. The van der Waals surface area contributed by atoms with E-state index in [2.05, 4.69) is 20.9 Å². The first-order valence-corrected chi connectivity index (χ1v) is 15.3. The molecule has 0 amide bonds. The number of esters is 1. The number of ether oxygens (including phenoxy) is 3. The highest BCUT2D eigenvalue weighted by Gasteiger charge is 2.34. The van der Waals surface area contributed by atoms with Gasteiger partial charge < -0.3 is 14.2 Å². The summed E-state index contributed by atoms with van der Waals surface area (Å²) in [5, 5.41) is 1.08. The Balaban J connectivity index is 1.58. The quantitative estimate of drug-likeness (QED) is 0.199. The summed E-state index contributed by atoms with van der Waals surface area (Å²) in [5.41, 5.74) is 2.70. The lowest BCUT2D eigenvalue weighted by atomic mass is 9.96. The van der Waals surface area contributed by atoms with E-state index in [-0.39, 0.29) is 17.7 Å². The van der Waals surface area contributed by atoms with E-state index in [4.69, 9.17) is 37.4 Å². The van der Waals surface area contributed by atoms with Gasteiger partial charge in [-0.3, -0.25) is 9.36 Å². The molecule has 2 heterocycles. The van der Waals surface area contributed by atoms with E-state index in [9.17, 15) is 9.59 Å². The summed E-state index contributed by atoms with van der Waals surface area (Å²) in [4.78, 5) is 32.1. The fraction of sp³-hybridized carbons (Fsp3) is 0.194. The van der Waals surface area contributed by atoms with Crippen LogP contribution in [0.1, 0.15) is 36.6 Å². The van der Waals surface area contributed by atoms with Crippen LogP contribution in [0.25, 0.3) is 6.08 Å². The Bertz CT molecular complexity index is 1880. The van der Waals surface area contributed by atoms with Crippen molar-refractivity contribution in [3.63, 3.8) is 0 Å². The van der Waals surface area contributed by atoms with Gasteiger partial charge in [-0.1, -0.05) is 64.9 Å². The molecule has 0 saturated heterocycles. The molecule has 0 spiro atoms. The van der Waals surface area contributed by atoms with Crippen LogP contribution in [-0.2, 0) is 16.1 Å². The van der Waals surface area contributed by atoms with Crippen molar-refractivity contribution in [1.82, 2.24) is 4.57 Å². The number of allylic oxidation sites excluding steroid dienone is 1. The molecule has 5 rings (SSSR count). The lowest BCUT2D eigenvalue weighted by molar-refractivity contribution is -0.139. The van der Waals surface area contributed by atoms with Crippen LogP contribution in [0, 0.1) is 0 Å². The minimum atomic E-state index is -0.791. The number of halogens is 3. The van der Waals surface area contributed by atoms with E-state index >= 15 is 0 Å². The summed E-state index contributed by atoms with van der Waals surface area (Å²) in [6.07, 6.45) is 1.76. The van der Waals surface area contributed by atoms with E-state index in [1.165, 1.54) is 15.9 Å². The fourth-order valence-corrected chi connectivity index (χ4v) is 6.62. The third kappa shape index (κ3) is 6.06. The number of carbonyl (C=O) groups is 1. The SMILES string of the molecule is CCOC(=O)C1=C(C)N=c2s/c(=C\c3cc(Br)c(OCc4ccc(Cl)cc4)c(OC)c3)c(=O)n2[C@H]1c1ccccc1Cl. The zero-order valence-corrected chi connectivity index (χ0v) is 26.7. The summed E-state index contributed by atoms with van der Waals surface area (Å²) in [6, 6.07) is 17.4. The van der Waals surface area contributed by atoms with Gasteiger partial charge in [0.25, 0.3) is 5.56 Å². The molecule has 7 nitrogen and oxygen atoms in total. The number of methoxy groups -OCH3 is 1. The average molecular weight is 688 g/mol. The molecule has 1 aliphatic rings. The number of aromatic nitrogens is 1. The van der Waals surface area contributed by atoms with Crippen LogP contribution in [0.15, 0.2) is 86.2 Å². The van der Waals surface area contributed by atoms with E-state index < -0.39 is 12.0 Å². The molecule has 42 heavy (non-hydrogen) atoms. The van der Waals surface area contributed by atoms with Gasteiger partial charge in [0.2, 0.25) is 0 Å². The standard InChI is InChI=1S/C31H25BrCl2N2O5S/c1-4-40-30(38)26-17(2)35-31-36(27(26)21-7-5-6-8-23(21)34)29(37)25(42-31)15-19-13-22(32)28(24(14-19)39-3)41-16-18-9-11-20(33)12-10-18/h5-15,27H,4,16H2,1-3H3/b25-15-/t27-/m0/s1. The maximum absolute atomic E-state index is 13.9. The van der Waals surface area contributed by atoms with Crippen LogP contribution in [-0.4, -0.2) is 24.3 Å². The van der Waals surface area contributed by atoms with Gasteiger partial charge in [-0.05, 0) is 82.9 Å². The number of benzene rings is 3.